The molecule has 1 fully saturated rings. The molecule has 2 amide bonds. The SMILES string of the molecule is CCOC(=O)Oc1ccc(C(=O)NCc2ccc(NC(=O)CCC3CCCCC3)cc2)cc1. The summed E-state index contributed by atoms with van der Waals surface area (Å²) in [5, 5.41) is 5.81. The summed E-state index contributed by atoms with van der Waals surface area (Å²) in [6.45, 7) is 2.28. The van der Waals surface area contributed by atoms with E-state index in [9.17, 15) is 14.4 Å². The minimum atomic E-state index is -0.779. The van der Waals surface area contributed by atoms with Gasteiger partial charge in [-0.2, -0.15) is 0 Å². The van der Waals surface area contributed by atoms with Crippen LogP contribution in [0.2, 0.25) is 0 Å². The van der Waals surface area contributed by atoms with E-state index >= 15 is 0 Å². The number of rotatable bonds is 9. The van der Waals surface area contributed by atoms with E-state index in [0.717, 1.165) is 17.7 Å². The molecule has 2 aromatic carbocycles. The van der Waals surface area contributed by atoms with E-state index in [1.807, 2.05) is 24.3 Å². The number of carbonyl (C=O) groups is 3. The highest BCUT2D eigenvalue weighted by Gasteiger charge is 2.15. The first-order chi connectivity index (χ1) is 16.0. The van der Waals surface area contributed by atoms with E-state index in [4.69, 9.17) is 9.47 Å². The fraction of sp³-hybridized carbons (Fsp3) is 0.423. The summed E-state index contributed by atoms with van der Waals surface area (Å²) in [6.07, 6.45) is 7.15. The standard InChI is InChI=1S/C26H32N2O5/c1-2-32-26(31)33-23-15-11-21(12-16-23)25(30)27-18-20-8-13-22(14-9-20)28-24(29)17-10-19-6-4-3-5-7-19/h8-9,11-16,19H,2-7,10,17-18H2,1H3,(H,27,30)(H,28,29). The maximum Gasteiger partial charge on any atom is 0.513 e. The number of ether oxygens (including phenoxy) is 2. The molecule has 3 rings (SSSR count). The first-order valence-corrected chi connectivity index (χ1v) is 11.6. The van der Waals surface area contributed by atoms with Crippen LogP contribution in [0, 0.1) is 5.92 Å². The Balaban J connectivity index is 1.40. The third-order valence-corrected chi connectivity index (χ3v) is 5.78. The van der Waals surface area contributed by atoms with Crippen molar-refractivity contribution in [3.63, 3.8) is 0 Å². The highest BCUT2D eigenvalue weighted by molar-refractivity contribution is 5.94. The lowest BCUT2D eigenvalue weighted by Gasteiger charge is -2.21. The maximum atomic E-state index is 12.4. The van der Waals surface area contributed by atoms with Crippen molar-refractivity contribution in [3.8, 4) is 5.75 Å². The van der Waals surface area contributed by atoms with Crippen LogP contribution in [0.25, 0.3) is 0 Å². The number of hydrogen-bond donors (Lipinski definition) is 2. The number of nitrogens with one attached hydrogen (secondary N) is 2. The molecule has 1 aliphatic carbocycles. The fourth-order valence-corrected chi connectivity index (χ4v) is 3.94. The second-order valence-corrected chi connectivity index (χ2v) is 8.28. The van der Waals surface area contributed by atoms with Gasteiger partial charge in [-0.15, -0.1) is 0 Å². The summed E-state index contributed by atoms with van der Waals surface area (Å²) in [7, 11) is 0. The topological polar surface area (TPSA) is 93.7 Å². The van der Waals surface area contributed by atoms with Crippen LogP contribution in [0.15, 0.2) is 48.5 Å². The van der Waals surface area contributed by atoms with E-state index in [2.05, 4.69) is 10.6 Å². The summed E-state index contributed by atoms with van der Waals surface area (Å²) in [5.41, 5.74) is 2.13. The number of hydrogen-bond acceptors (Lipinski definition) is 5. The minimum absolute atomic E-state index is 0.0528. The normalized spacial score (nSPS) is 13.7. The number of carbonyl (C=O) groups excluding carboxylic acids is 3. The average molecular weight is 453 g/mol. The summed E-state index contributed by atoms with van der Waals surface area (Å²) in [4.78, 5) is 35.9. The molecule has 1 saturated carbocycles. The van der Waals surface area contributed by atoms with Crippen molar-refractivity contribution < 1.29 is 23.9 Å². The van der Waals surface area contributed by atoms with Gasteiger partial charge in [0.2, 0.25) is 5.91 Å². The molecule has 0 radical (unpaired) electrons. The van der Waals surface area contributed by atoms with Crippen molar-refractivity contribution in [2.45, 2.75) is 58.4 Å². The Morgan fingerprint density at radius 2 is 1.64 bits per heavy atom. The third kappa shape index (κ3) is 8.25. The van der Waals surface area contributed by atoms with Gasteiger partial charge in [-0.3, -0.25) is 9.59 Å². The smallest absolute Gasteiger partial charge is 0.434 e. The van der Waals surface area contributed by atoms with Crippen LogP contribution in [-0.2, 0) is 16.1 Å². The molecule has 0 bridgehead atoms. The lowest BCUT2D eigenvalue weighted by molar-refractivity contribution is -0.116. The van der Waals surface area contributed by atoms with E-state index in [-0.39, 0.29) is 18.4 Å². The molecular formula is C26H32N2O5. The summed E-state index contributed by atoms with van der Waals surface area (Å²) < 4.78 is 9.69. The quantitative estimate of drug-likeness (QED) is 0.390. The van der Waals surface area contributed by atoms with Crippen molar-refractivity contribution in [2.24, 2.45) is 5.92 Å². The predicted molar refractivity (Wildman–Crippen MR) is 126 cm³/mol. The van der Waals surface area contributed by atoms with E-state index in [1.54, 1.807) is 19.1 Å². The van der Waals surface area contributed by atoms with Gasteiger partial charge in [-0.25, -0.2) is 4.79 Å². The second kappa shape index (κ2) is 12.6. The van der Waals surface area contributed by atoms with Gasteiger partial charge in [0.25, 0.3) is 5.91 Å². The van der Waals surface area contributed by atoms with Gasteiger partial charge < -0.3 is 20.1 Å². The molecule has 2 N–H and O–H groups in total. The molecule has 33 heavy (non-hydrogen) atoms. The number of anilines is 1. The molecule has 1 aliphatic rings. The Kier molecular flexibility index (Phi) is 9.30. The predicted octanol–water partition coefficient (Wildman–Crippen LogP) is 5.45. The molecular weight excluding hydrogens is 420 g/mol. The molecule has 0 saturated heterocycles. The van der Waals surface area contributed by atoms with Crippen LogP contribution < -0.4 is 15.4 Å². The Morgan fingerprint density at radius 3 is 2.30 bits per heavy atom. The Hall–Kier alpha value is -3.35. The van der Waals surface area contributed by atoms with Crippen molar-refractivity contribution in [2.75, 3.05) is 11.9 Å². The highest BCUT2D eigenvalue weighted by atomic mass is 16.7. The zero-order chi connectivity index (χ0) is 23.5. The van der Waals surface area contributed by atoms with Crippen LogP contribution in [0.3, 0.4) is 0 Å². The zero-order valence-electron chi connectivity index (χ0n) is 19.1. The van der Waals surface area contributed by atoms with Crippen LogP contribution in [-0.4, -0.2) is 24.6 Å². The van der Waals surface area contributed by atoms with Crippen molar-refractivity contribution in [1.82, 2.24) is 5.32 Å². The largest absolute Gasteiger partial charge is 0.513 e. The van der Waals surface area contributed by atoms with Crippen LogP contribution in [0.4, 0.5) is 10.5 Å². The van der Waals surface area contributed by atoms with Gasteiger partial charge in [0.1, 0.15) is 5.75 Å². The maximum absolute atomic E-state index is 12.4. The minimum Gasteiger partial charge on any atom is -0.434 e. The van der Waals surface area contributed by atoms with E-state index in [1.165, 1.54) is 44.2 Å². The number of benzene rings is 2. The Labute approximate surface area is 194 Å². The first-order valence-electron chi connectivity index (χ1n) is 11.6. The van der Waals surface area contributed by atoms with Gasteiger partial charge in [-0.1, -0.05) is 44.2 Å². The summed E-state index contributed by atoms with van der Waals surface area (Å²) in [5.74, 6) is 0.813. The van der Waals surface area contributed by atoms with Gasteiger partial charge in [0, 0.05) is 24.2 Å². The molecule has 0 spiro atoms. The molecule has 0 aliphatic heterocycles. The Morgan fingerprint density at radius 1 is 0.939 bits per heavy atom. The van der Waals surface area contributed by atoms with Gasteiger partial charge in [0.15, 0.2) is 0 Å². The molecule has 0 atom stereocenters. The van der Waals surface area contributed by atoms with Gasteiger partial charge in [-0.05, 0) is 61.2 Å². The van der Waals surface area contributed by atoms with Crippen molar-refractivity contribution >= 4 is 23.7 Å². The first kappa shape index (κ1) is 24.3. The summed E-state index contributed by atoms with van der Waals surface area (Å²) >= 11 is 0. The van der Waals surface area contributed by atoms with E-state index in [0.29, 0.717) is 30.2 Å². The van der Waals surface area contributed by atoms with Crippen LogP contribution in [0.1, 0.15) is 67.8 Å². The zero-order valence-corrected chi connectivity index (χ0v) is 19.1. The van der Waals surface area contributed by atoms with Crippen molar-refractivity contribution in [3.05, 3.63) is 59.7 Å². The van der Waals surface area contributed by atoms with Crippen LogP contribution in [0.5, 0.6) is 5.75 Å². The molecule has 2 aromatic rings. The number of amides is 2. The second-order valence-electron chi connectivity index (χ2n) is 8.28. The lowest BCUT2D eigenvalue weighted by atomic mass is 9.86. The molecule has 0 unspecified atom stereocenters. The monoisotopic (exact) mass is 452 g/mol. The highest BCUT2D eigenvalue weighted by Crippen LogP contribution is 2.27. The van der Waals surface area contributed by atoms with Crippen LogP contribution >= 0.6 is 0 Å². The average Bonchev–Trinajstić information content (AvgIpc) is 2.83. The van der Waals surface area contributed by atoms with Gasteiger partial charge >= 0.3 is 6.16 Å². The lowest BCUT2D eigenvalue weighted by Crippen LogP contribution is -2.22. The molecule has 176 valence electrons. The third-order valence-electron chi connectivity index (χ3n) is 5.78. The van der Waals surface area contributed by atoms with E-state index < -0.39 is 6.16 Å². The fourth-order valence-electron chi connectivity index (χ4n) is 3.94. The molecule has 7 nitrogen and oxygen atoms in total. The molecule has 0 aromatic heterocycles. The Bertz CT molecular complexity index is 919. The molecule has 7 heteroatoms. The van der Waals surface area contributed by atoms with Crippen molar-refractivity contribution in [1.29, 1.82) is 0 Å². The molecule has 0 heterocycles. The summed E-state index contributed by atoms with van der Waals surface area (Å²) in [6, 6.07) is 13.7. The van der Waals surface area contributed by atoms with Gasteiger partial charge in [0.05, 0.1) is 6.61 Å².